The number of carbonyl (C=O) groups excluding carboxylic acids is 2. The topological polar surface area (TPSA) is 82.4 Å². The van der Waals surface area contributed by atoms with Gasteiger partial charge < -0.3 is 9.88 Å². The van der Waals surface area contributed by atoms with Crippen LogP contribution in [0.1, 0.15) is 22.9 Å². The molecule has 2 aliphatic heterocycles. The van der Waals surface area contributed by atoms with Crippen LogP contribution in [0, 0.1) is 0 Å². The Morgan fingerprint density at radius 2 is 1.73 bits per heavy atom. The number of benzene rings is 2. The van der Waals surface area contributed by atoms with Crippen molar-refractivity contribution in [1.82, 2.24) is 14.9 Å². The van der Waals surface area contributed by atoms with E-state index in [1.54, 1.807) is 4.90 Å². The Bertz CT molecular complexity index is 1030. The maximum Gasteiger partial charge on any atom is 0.260 e. The summed E-state index contributed by atoms with van der Waals surface area (Å²) in [6, 6.07) is 17.0. The van der Waals surface area contributed by atoms with Gasteiger partial charge in [-0.2, -0.15) is 0 Å². The minimum Gasteiger partial charge on any atom is -0.356 e. The summed E-state index contributed by atoms with van der Waals surface area (Å²) in [6.07, 6.45) is 0.473. The van der Waals surface area contributed by atoms with E-state index in [2.05, 4.69) is 11.1 Å². The molecule has 3 N–H and O–H groups in total. The first-order chi connectivity index (χ1) is 12.6. The molecule has 2 amide bonds. The molecule has 3 aromatic rings. The number of rotatable bonds is 1. The third-order valence-corrected chi connectivity index (χ3v) is 5.41. The number of aromatic amines is 1. The smallest absolute Gasteiger partial charge is 0.260 e. The fourth-order valence-corrected chi connectivity index (χ4v) is 4.27. The highest BCUT2D eigenvalue weighted by Crippen LogP contribution is 2.42. The summed E-state index contributed by atoms with van der Waals surface area (Å²) in [6.45, 7) is -0.0891. The van der Waals surface area contributed by atoms with E-state index in [-0.39, 0.29) is 24.4 Å². The van der Waals surface area contributed by atoms with Gasteiger partial charge in [0.25, 0.3) is 5.91 Å². The lowest BCUT2D eigenvalue weighted by Gasteiger charge is -2.46. The number of nitrogens with two attached hydrogens (primary N) is 1. The van der Waals surface area contributed by atoms with Crippen LogP contribution >= 0.6 is 0 Å². The highest BCUT2D eigenvalue weighted by atomic mass is 16.2. The number of hydrazine groups is 1. The molecule has 130 valence electrons. The molecule has 2 aromatic carbocycles. The van der Waals surface area contributed by atoms with Crippen LogP contribution in [0.25, 0.3) is 10.9 Å². The van der Waals surface area contributed by atoms with E-state index >= 15 is 0 Å². The molecule has 26 heavy (non-hydrogen) atoms. The Morgan fingerprint density at radius 3 is 2.54 bits per heavy atom. The van der Waals surface area contributed by atoms with E-state index < -0.39 is 6.04 Å². The van der Waals surface area contributed by atoms with Gasteiger partial charge >= 0.3 is 0 Å². The zero-order chi connectivity index (χ0) is 17.8. The minimum atomic E-state index is -0.571. The summed E-state index contributed by atoms with van der Waals surface area (Å²) >= 11 is 0. The molecule has 0 aliphatic carbocycles. The summed E-state index contributed by atoms with van der Waals surface area (Å²) in [4.78, 5) is 30.8. The fourth-order valence-electron chi connectivity index (χ4n) is 4.27. The molecular weight excluding hydrogens is 328 g/mol. The van der Waals surface area contributed by atoms with Crippen molar-refractivity contribution in [2.75, 3.05) is 6.54 Å². The van der Waals surface area contributed by atoms with E-state index in [0.29, 0.717) is 6.42 Å². The first kappa shape index (κ1) is 15.2. The number of nitrogens with zero attached hydrogens (tertiary/aromatic N) is 2. The van der Waals surface area contributed by atoms with Crippen LogP contribution in [0.3, 0.4) is 0 Å². The molecule has 6 heteroatoms. The van der Waals surface area contributed by atoms with Gasteiger partial charge in [0.15, 0.2) is 0 Å². The van der Waals surface area contributed by atoms with Gasteiger partial charge in [0.05, 0.1) is 6.04 Å². The van der Waals surface area contributed by atoms with Crippen molar-refractivity contribution >= 4 is 22.7 Å². The number of piperazine rings is 1. The van der Waals surface area contributed by atoms with Crippen molar-refractivity contribution in [3.63, 3.8) is 0 Å². The molecular formula is C20H18N4O2. The van der Waals surface area contributed by atoms with Crippen molar-refractivity contribution in [2.24, 2.45) is 5.84 Å². The minimum absolute atomic E-state index is 0.0891. The van der Waals surface area contributed by atoms with Crippen LogP contribution in [0.4, 0.5) is 0 Å². The average molecular weight is 346 g/mol. The lowest BCUT2D eigenvalue weighted by molar-refractivity contribution is -0.158. The monoisotopic (exact) mass is 346 g/mol. The molecule has 0 spiro atoms. The Hall–Kier alpha value is -3.12. The van der Waals surface area contributed by atoms with Crippen LogP contribution in [0.2, 0.25) is 0 Å². The van der Waals surface area contributed by atoms with E-state index in [9.17, 15) is 9.59 Å². The van der Waals surface area contributed by atoms with Crippen LogP contribution < -0.4 is 5.84 Å². The Balaban J connectivity index is 1.77. The number of hydrogen-bond acceptors (Lipinski definition) is 3. The Kier molecular flexibility index (Phi) is 3.17. The molecule has 0 bridgehead atoms. The maximum atomic E-state index is 12.8. The molecule has 2 aliphatic rings. The van der Waals surface area contributed by atoms with E-state index in [1.165, 1.54) is 0 Å². The molecule has 2 unspecified atom stereocenters. The quantitative estimate of drug-likeness (QED) is 0.520. The SMILES string of the molecule is NN1CC(=O)N2C(Cc3c([nH]c4ccccc34)C2c2ccccc2)C1=O. The number of hydrogen-bond donors (Lipinski definition) is 2. The number of amides is 2. The predicted octanol–water partition coefficient (Wildman–Crippen LogP) is 1.73. The highest BCUT2D eigenvalue weighted by Gasteiger charge is 2.47. The third kappa shape index (κ3) is 2.02. The second kappa shape index (κ2) is 5.44. The highest BCUT2D eigenvalue weighted by molar-refractivity contribution is 5.97. The molecule has 1 aromatic heterocycles. The molecule has 6 nitrogen and oxygen atoms in total. The second-order valence-electron chi connectivity index (χ2n) is 6.86. The van der Waals surface area contributed by atoms with Gasteiger partial charge in [-0.25, -0.2) is 5.84 Å². The van der Waals surface area contributed by atoms with Gasteiger partial charge in [0, 0.05) is 23.0 Å². The van der Waals surface area contributed by atoms with Gasteiger partial charge in [-0.15, -0.1) is 0 Å². The van der Waals surface area contributed by atoms with Gasteiger partial charge in [0.2, 0.25) is 5.91 Å². The van der Waals surface area contributed by atoms with Gasteiger partial charge in [-0.3, -0.25) is 14.6 Å². The van der Waals surface area contributed by atoms with Crippen molar-refractivity contribution in [3.8, 4) is 0 Å². The number of nitrogens with one attached hydrogen (secondary N) is 1. The van der Waals surface area contributed by atoms with Gasteiger partial charge in [-0.05, 0) is 17.2 Å². The summed E-state index contributed by atoms with van der Waals surface area (Å²) in [7, 11) is 0. The molecule has 0 saturated carbocycles. The molecule has 1 fully saturated rings. The lowest BCUT2D eigenvalue weighted by Crippen LogP contribution is -2.64. The van der Waals surface area contributed by atoms with Gasteiger partial charge in [-0.1, -0.05) is 48.5 Å². The summed E-state index contributed by atoms with van der Waals surface area (Å²) in [5.41, 5.74) is 4.08. The Morgan fingerprint density at radius 1 is 1.00 bits per heavy atom. The van der Waals surface area contributed by atoms with Crippen LogP contribution in [-0.2, 0) is 16.0 Å². The zero-order valence-electron chi connectivity index (χ0n) is 14.1. The zero-order valence-corrected chi connectivity index (χ0v) is 14.1. The Labute approximate surface area is 150 Å². The number of para-hydroxylation sites is 1. The maximum absolute atomic E-state index is 12.8. The van der Waals surface area contributed by atoms with Crippen LogP contribution in [-0.4, -0.2) is 39.3 Å². The van der Waals surface area contributed by atoms with Crippen LogP contribution in [0.15, 0.2) is 54.6 Å². The first-order valence-electron chi connectivity index (χ1n) is 8.67. The standard InChI is InChI=1S/C20H18N4O2/c21-23-11-17(25)24-16(20(23)26)10-14-13-8-4-5-9-15(13)22-18(14)19(24)12-6-2-1-3-7-12/h1-9,16,19,22H,10-11,21H2. The van der Waals surface area contributed by atoms with Crippen molar-refractivity contribution in [2.45, 2.75) is 18.5 Å². The molecule has 2 atom stereocenters. The first-order valence-corrected chi connectivity index (χ1v) is 8.67. The van der Waals surface area contributed by atoms with Crippen LogP contribution in [0.5, 0.6) is 0 Å². The lowest BCUT2D eigenvalue weighted by atomic mass is 9.86. The fraction of sp³-hybridized carbons (Fsp3) is 0.200. The predicted molar refractivity (Wildman–Crippen MR) is 96.8 cm³/mol. The number of fused-ring (bicyclic) bond motifs is 4. The average Bonchev–Trinajstić information content (AvgIpc) is 3.03. The molecule has 1 saturated heterocycles. The second-order valence-corrected chi connectivity index (χ2v) is 6.86. The van der Waals surface area contributed by atoms with Gasteiger partial charge in [0.1, 0.15) is 12.6 Å². The largest absolute Gasteiger partial charge is 0.356 e. The summed E-state index contributed by atoms with van der Waals surface area (Å²) in [5.74, 6) is 5.46. The summed E-state index contributed by atoms with van der Waals surface area (Å²) in [5, 5.41) is 2.14. The molecule has 3 heterocycles. The normalized spacial score (nSPS) is 22.5. The van der Waals surface area contributed by atoms with Crippen molar-refractivity contribution in [1.29, 1.82) is 0 Å². The molecule has 0 radical (unpaired) electrons. The van der Waals surface area contributed by atoms with E-state index in [1.807, 2.05) is 48.5 Å². The number of aromatic nitrogens is 1. The molecule has 5 rings (SSSR count). The van der Waals surface area contributed by atoms with Crippen molar-refractivity contribution < 1.29 is 9.59 Å². The van der Waals surface area contributed by atoms with E-state index in [0.717, 1.165) is 32.7 Å². The van der Waals surface area contributed by atoms with Crippen molar-refractivity contribution in [3.05, 3.63) is 71.4 Å². The number of carbonyl (C=O) groups is 2. The summed E-state index contributed by atoms with van der Waals surface area (Å²) < 4.78 is 0. The third-order valence-electron chi connectivity index (χ3n) is 5.41. The van der Waals surface area contributed by atoms with E-state index in [4.69, 9.17) is 5.84 Å². The number of H-pyrrole nitrogens is 1.